The monoisotopic (exact) mass is 567 g/mol. The second kappa shape index (κ2) is 12.4. The zero-order valence-electron chi connectivity index (χ0n) is 22.8. The van der Waals surface area contributed by atoms with E-state index in [1.54, 1.807) is 13.1 Å². The van der Waals surface area contributed by atoms with Crippen molar-refractivity contribution in [2.24, 2.45) is 7.05 Å². The van der Waals surface area contributed by atoms with Gasteiger partial charge in [0.15, 0.2) is 5.82 Å². The minimum atomic E-state index is -1.11. The molecule has 3 aromatic carbocycles. The number of halogens is 2. The van der Waals surface area contributed by atoms with Crippen molar-refractivity contribution >= 4 is 17.5 Å². The zero-order chi connectivity index (χ0) is 29.6. The van der Waals surface area contributed by atoms with Crippen LogP contribution in [-0.4, -0.2) is 39.7 Å². The van der Waals surface area contributed by atoms with Crippen LogP contribution in [0.3, 0.4) is 0 Å². The van der Waals surface area contributed by atoms with E-state index in [-0.39, 0.29) is 28.3 Å². The minimum Gasteiger partial charge on any atom is -0.494 e. The van der Waals surface area contributed by atoms with Gasteiger partial charge in [0.05, 0.1) is 25.1 Å². The van der Waals surface area contributed by atoms with E-state index in [0.29, 0.717) is 0 Å². The third-order valence-corrected chi connectivity index (χ3v) is 6.86. The van der Waals surface area contributed by atoms with Crippen molar-refractivity contribution in [1.29, 1.82) is 0 Å². The summed E-state index contributed by atoms with van der Waals surface area (Å²) in [6.45, 7) is 0. The van der Waals surface area contributed by atoms with E-state index in [0.717, 1.165) is 23.4 Å². The second-order valence-electron chi connectivity index (χ2n) is 9.47. The molecule has 2 aromatic heterocycles. The van der Waals surface area contributed by atoms with Gasteiger partial charge in [-0.1, -0.05) is 60.7 Å². The molecule has 0 radical (unpaired) electrons. The van der Waals surface area contributed by atoms with E-state index >= 15 is 4.39 Å². The van der Waals surface area contributed by atoms with Crippen LogP contribution in [0.1, 0.15) is 27.5 Å². The van der Waals surface area contributed by atoms with Gasteiger partial charge in [-0.2, -0.15) is 5.10 Å². The summed E-state index contributed by atoms with van der Waals surface area (Å²) in [4.78, 5) is 31.0. The fourth-order valence-corrected chi connectivity index (χ4v) is 4.86. The van der Waals surface area contributed by atoms with Crippen molar-refractivity contribution in [3.63, 3.8) is 0 Å². The largest absolute Gasteiger partial charge is 0.494 e. The number of benzene rings is 3. The first-order chi connectivity index (χ1) is 20.4. The highest BCUT2D eigenvalue weighted by atomic mass is 19.1. The van der Waals surface area contributed by atoms with Crippen molar-refractivity contribution in [2.75, 3.05) is 12.4 Å². The average Bonchev–Trinajstić information content (AvgIpc) is 3.44. The first-order valence-electron chi connectivity index (χ1n) is 13.0. The third kappa shape index (κ3) is 5.87. The molecule has 5 aromatic rings. The Hall–Kier alpha value is -5.38. The Morgan fingerprint density at radius 2 is 1.55 bits per heavy atom. The normalized spacial score (nSPS) is 11.6. The fourth-order valence-electron chi connectivity index (χ4n) is 4.86. The van der Waals surface area contributed by atoms with Crippen LogP contribution in [0.5, 0.6) is 5.75 Å². The van der Waals surface area contributed by atoms with Gasteiger partial charge in [0.1, 0.15) is 23.3 Å². The van der Waals surface area contributed by atoms with Crippen LogP contribution in [0, 0.1) is 11.6 Å². The number of amides is 2. The predicted molar refractivity (Wildman–Crippen MR) is 154 cm³/mol. The average molecular weight is 568 g/mol. The molecule has 0 bridgehead atoms. The van der Waals surface area contributed by atoms with E-state index in [2.05, 4.69) is 20.7 Å². The number of nitrogens with zero attached hydrogens (tertiary/aromatic N) is 3. The van der Waals surface area contributed by atoms with Crippen molar-refractivity contribution in [3.05, 3.63) is 132 Å². The molecule has 0 saturated carbocycles. The molecule has 212 valence electrons. The number of hydrogen-bond acceptors (Lipinski definition) is 5. The Morgan fingerprint density at radius 3 is 2.12 bits per heavy atom. The molecule has 0 saturated heterocycles. The molecule has 0 unspecified atom stereocenters. The molecule has 1 atom stereocenters. The van der Waals surface area contributed by atoms with Gasteiger partial charge >= 0.3 is 0 Å². The van der Waals surface area contributed by atoms with Crippen molar-refractivity contribution in [1.82, 2.24) is 20.1 Å². The van der Waals surface area contributed by atoms with Gasteiger partial charge in [0.2, 0.25) is 5.91 Å². The number of anilines is 1. The van der Waals surface area contributed by atoms with E-state index in [9.17, 15) is 14.0 Å². The van der Waals surface area contributed by atoms with Crippen molar-refractivity contribution < 1.29 is 23.1 Å². The molecule has 0 fully saturated rings. The lowest BCUT2D eigenvalue weighted by atomic mass is 9.84. The van der Waals surface area contributed by atoms with Gasteiger partial charge in [-0.05, 0) is 35.4 Å². The Kier molecular flexibility index (Phi) is 8.33. The number of aromatic nitrogens is 3. The number of methoxy groups -OCH3 is 1. The van der Waals surface area contributed by atoms with E-state index in [4.69, 9.17) is 4.74 Å². The third-order valence-electron chi connectivity index (χ3n) is 6.86. The Morgan fingerprint density at radius 1 is 0.881 bits per heavy atom. The maximum absolute atomic E-state index is 15.3. The van der Waals surface area contributed by atoms with E-state index in [1.807, 2.05) is 60.7 Å². The fraction of sp³-hybridized carbons (Fsp3) is 0.125. The number of aryl methyl sites for hydroxylation is 1. The molecule has 5 rings (SSSR count). The summed E-state index contributed by atoms with van der Waals surface area (Å²) >= 11 is 0. The van der Waals surface area contributed by atoms with Crippen LogP contribution in [0.15, 0.2) is 104 Å². The topological polar surface area (TPSA) is 98.1 Å². The number of ether oxygens (including phenoxy) is 1. The van der Waals surface area contributed by atoms with Crippen molar-refractivity contribution in [2.45, 2.75) is 12.0 Å². The lowest BCUT2D eigenvalue weighted by Gasteiger charge is -2.28. The SMILES string of the molecule is COc1cncc(F)c1-c1ccc(NC(=O)[C@@H](NC(=O)c2ccnn2C)C(c2ccccc2)c2ccccc2)cc1F. The smallest absolute Gasteiger partial charge is 0.270 e. The predicted octanol–water partition coefficient (Wildman–Crippen LogP) is 5.34. The Bertz CT molecular complexity index is 1670. The minimum absolute atomic E-state index is 0.0581. The molecule has 42 heavy (non-hydrogen) atoms. The molecule has 8 nitrogen and oxygen atoms in total. The van der Waals surface area contributed by atoms with Crippen LogP contribution in [0.25, 0.3) is 11.1 Å². The van der Waals surface area contributed by atoms with Gasteiger partial charge in [0.25, 0.3) is 5.91 Å². The number of carbonyl (C=O) groups excluding carboxylic acids is 2. The first kappa shape index (κ1) is 28.2. The number of hydrogen-bond donors (Lipinski definition) is 2. The molecule has 2 N–H and O–H groups in total. The highest BCUT2D eigenvalue weighted by molar-refractivity contribution is 6.01. The van der Waals surface area contributed by atoms with Gasteiger partial charge < -0.3 is 15.4 Å². The summed E-state index contributed by atoms with van der Waals surface area (Å²) in [5.41, 5.74) is 1.81. The number of pyridine rings is 1. The van der Waals surface area contributed by atoms with E-state index in [1.165, 1.54) is 36.3 Å². The Labute approximate surface area is 241 Å². The summed E-state index contributed by atoms with van der Waals surface area (Å²) < 4.78 is 36.5. The van der Waals surface area contributed by atoms with Crippen LogP contribution in [-0.2, 0) is 11.8 Å². The molecule has 2 amide bonds. The summed E-state index contributed by atoms with van der Waals surface area (Å²) in [6.07, 6.45) is 3.74. The number of carbonyl (C=O) groups is 2. The van der Waals surface area contributed by atoms with Crippen LogP contribution < -0.4 is 15.4 Å². The summed E-state index contributed by atoms with van der Waals surface area (Å²) in [7, 11) is 2.96. The highest BCUT2D eigenvalue weighted by Gasteiger charge is 2.33. The second-order valence-corrected chi connectivity index (χ2v) is 9.47. The lowest BCUT2D eigenvalue weighted by molar-refractivity contribution is -0.118. The maximum Gasteiger partial charge on any atom is 0.270 e. The molecular formula is C32H27F2N5O3. The number of nitrogens with one attached hydrogen (secondary N) is 2. The van der Waals surface area contributed by atoms with Gasteiger partial charge in [0, 0.05) is 30.4 Å². The molecule has 0 aliphatic rings. The molecule has 10 heteroatoms. The highest BCUT2D eigenvalue weighted by Crippen LogP contribution is 2.35. The van der Waals surface area contributed by atoms with Gasteiger partial charge in [-0.25, -0.2) is 8.78 Å². The summed E-state index contributed by atoms with van der Waals surface area (Å²) in [5.74, 6) is -3.15. The summed E-state index contributed by atoms with van der Waals surface area (Å²) in [5, 5.41) is 9.66. The lowest BCUT2D eigenvalue weighted by Crippen LogP contribution is -2.48. The summed E-state index contributed by atoms with van der Waals surface area (Å²) in [6, 6.07) is 22.9. The molecule has 2 heterocycles. The van der Waals surface area contributed by atoms with Gasteiger partial charge in [-0.3, -0.25) is 19.3 Å². The Balaban J connectivity index is 1.52. The van der Waals surface area contributed by atoms with Crippen molar-refractivity contribution in [3.8, 4) is 16.9 Å². The number of rotatable bonds is 9. The van der Waals surface area contributed by atoms with Crippen LogP contribution >= 0.6 is 0 Å². The molecule has 0 aliphatic carbocycles. The maximum atomic E-state index is 15.3. The van der Waals surface area contributed by atoms with Gasteiger partial charge in [-0.15, -0.1) is 0 Å². The molecule has 0 spiro atoms. The quantitative estimate of drug-likeness (QED) is 0.251. The first-order valence-corrected chi connectivity index (χ1v) is 13.0. The zero-order valence-corrected chi connectivity index (χ0v) is 22.8. The van der Waals surface area contributed by atoms with E-state index < -0.39 is 35.4 Å². The molecule has 0 aliphatic heterocycles. The standard InChI is InChI=1S/C32H27F2N5O3/c1-39-26(15-16-36-39)31(40)38-30(28(20-9-5-3-6-10-20)21-11-7-4-8-12-21)32(41)37-22-13-14-23(24(33)17-22)29-25(34)18-35-19-27(29)42-2/h3-19,28,30H,1-2H3,(H,37,41)(H,38,40)/t30-/m0/s1. The van der Waals surface area contributed by atoms with Crippen LogP contribution in [0.2, 0.25) is 0 Å². The molecular weight excluding hydrogens is 540 g/mol. The van der Waals surface area contributed by atoms with Crippen LogP contribution in [0.4, 0.5) is 14.5 Å².